The van der Waals surface area contributed by atoms with E-state index in [1.807, 2.05) is 0 Å². The summed E-state index contributed by atoms with van der Waals surface area (Å²) in [7, 11) is 4.03. The molecule has 1 atom stereocenters. The van der Waals surface area contributed by atoms with Crippen LogP contribution in [0.5, 0.6) is 0 Å². The monoisotopic (exact) mass is 147 g/mol. The summed E-state index contributed by atoms with van der Waals surface area (Å²) in [6.45, 7) is 3.29. The van der Waals surface area contributed by atoms with E-state index >= 15 is 0 Å². The van der Waals surface area contributed by atoms with Crippen LogP contribution in [0.4, 0.5) is 5.69 Å². The molecule has 0 aromatic heterocycles. The van der Waals surface area contributed by atoms with Gasteiger partial charge < -0.3 is 4.90 Å². The minimum absolute atomic E-state index is 1.15. The van der Waals surface area contributed by atoms with Gasteiger partial charge in [0.15, 0.2) is 0 Å². The summed E-state index contributed by atoms with van der Waals surface area (Å²) in [6.07, 6.45) is 1.19. The Balaban J connectivity index is 2.50. The molecule has 1 aromatic carbocycles. The molecule has 1 nitrogen and oxygen atoms in total. The molecule has 1 N–H and O–H groups in total. The Morgan fingerprint density at radius 2 is 2.27 bits per heavy atom. The van der Waals surface area contributed by atoms with E-state index in [0.717, 1.165) is 6.54 Å². The predicted molar refractivity (Wildman–Crippen MR) is 45.7 cm³/mol. The summed E-state index contributed by atoms with van der Waals surface area (Å²) in [6, 6.07) is 6.63. The van der Waals surface area contributed by atoms with Crippen molar-refractivity contribution < 1.29 is 4.90 Å². The largest absolute Gasteiger partial charge is 0.434 e. The SMILES string of the molecule is [CH2-][NH+]1CCc2cc(C)ccc21. The summed E-state index contributed by atoms with van der Waals surface area (Å²) in [5.74, 6) is 0. The average molecular weight is 147 g/mol. The van der Waals surface area contributed by atoms with Gasteiger partial charge in [0.25, 0.3) is 0 Å². The number of hydrogen-bond acceptors (Lipinski definition) is 0. The zero-order valence-electron chi connectivity index (χ0n) is 6.85. The highest BCUT2D eigenvalue weighted by molar-refractivity contribution is 5.44. The molecule has 1 unspecified atom stereocenters. The summed E-state index contributed by atoms with van der Waals surface area (Å²) in [5.41, 5.74) is 4.23. The van der Waals surface area contributed by atoms with Gasteiger partial charge >= 0.3 is 0 Å². The fourth-order valence-electron chi connectivity index (χ4n) is 1.69. The lowest BCUT2D eigenvalue weighted by Crippen LogP contribution is -3.00. The second-order valence-electron chi connectivity index (χ2n) is 3.26. The molecule has 0 radical (unpaired) electrons. The van der Waals surface area contributed by atoms with Crippen LogP contribution in [0.1, 0.15) is 11.1 Å². The quantitative estimate of drug-likeness (QED) is 0.519. The number of aryl methyl sites for hydroxylation is 1. The van der Waals surface area contributed by atoms with Crippen molar-refractivity contribution in [1.82, 2.24) is 0 Å². The van der Waals surface area contributed by atoms with Crippen LogP contribution in [0.15, 0.2) is 18.2 Å². The molecular weight excluding hydrogens is 134 g/mol. The van der Waals surface area contributed by atoms with E-state index in [9.17, 15) is 0 Å². The van der Waals surface area contributed by atoms with Crippen molar-refractivity contribution in [2.24, 2.45) is 0 Å². The topological polar surface area (TPSA) is 4.44 Å². The Morgan fingerprint density at radius 3 is 3.09 bits per heavy atom. The molecule has 0 spiro atoms. The normalized spacial score (nSPS) is 21.8. The van der Waals surface area contributed by atoms with Crippen LogP contribution in [-0.4, -0.2) is 6.54 Å². The molecule has 11 heavy (non-hydrogen) atoms. The molecule has 1 aliphatic rings. The third-order valence-corrected chi connectivity index (χ3v) is 2.34. The standard InChI is InChI=1S/C10H13N/c1-8-3-4-10-9(7-8)5-6-11(10)2/h3-4,7,11H,2,5-6H2,1H3. The van der Waals surface area contributed by atoms with Crippen molar-refractivity contribution in [3.63, 3.8) is 0 Å². The highest BCUT2D eigenvalue weighted by atomic mass is 15.1. The summed E-state index contributed by atoms with van der Waals surface area (Å²) in [5, 5.41) is 0. The van der Waals surface area contributed by atoms with Crippen LogP contribution in [0.2, 0.25) is 0 Å². The van der Waals surface area contributed by atoms with Crippen LogP contribution in [0, 0.1) is 14.0 Å². The highest BCUT2D eigenvalue weighted by Gasteiger charge is 2.15. The third-order valence-electron chi connectivity index (χ3n) is 2.34. The molecule has 0 bridgehead atoms. The Bertz CT molecular complexity index is 278. The summed E-state index contributed by atoms with van der Waals surface area (Å²) < 4.78 is 0. The van der Waals surface area contributed by atoms with Gasteiger partial charge in [0, 0.05) is 12.0 Å². The molecule has 0 fully saturated rings. The van der Waals surface area contributed by atoms with Gasteiger partial charge in [0.05, 0.1) is 6.54 Å². The predicted octanol–water partition coefficient (Wildman–Crippen LogP) is 0.859. The second-order valence-corrected chi connectivity index (χ2v) is 3.26. The third kappa shape index (κ3) is 1.05. The van der Waals surface area contributed by atoms with Gasteiger partial charge in [-0.15, -0.1) is 7.05 Å². The second kappa shape index (κ2) is 2.35. The number of nitrogens with one attached hydrogen (secondary N) is 1. The molecule has 0 aliphatic carbocycles. The van der Waals surface area contributed by atoms with E-state index in [-0.39, 0.29) is 0 Å². The number of rotatable bonds is 0. The van der Waals surface area contributed by atoms with Gasteiger partial charge in [-0.3, -0.25) is 0 Å². The Labute approximate surface area is 67.6 Å². The van der Waals surface area contributed by atoms with Crippen LogP contribution < -0.4 is 4.90 Å². The van der Waals surface area contributed by atoms with Crippen LogP contribution >= 0.6 is 0 Å². The fraction of sp³-hybridized carbons (Fsp3) is 0.300. The van der Waals surface area contributed by atoms with Gasteiger partial charge in [-0.2, -0.15) is 0 Å². The van der Waals surface area contributed by atoms with Crippen molar-refractivity contribution in [1.29, 1.82) is 0 Å². The number of fused-ring (bicyclic) bond motifs is 1. The molecule has 0 saturated heterocycles. The van der Waals surface area contributed by atoms with Crippen LogP contribution in [0.25, 0.3) is 0 Å². The van der Waals surface area contributed by atoms with E-state index in [2.05, 4.69) is 32.2 Å². The first-order chi connectivity index (χ1) is 5.27. The smallest absolute Gasteiger partial charge is 0.108 e. The van der Waals surface area contributed by atoms with E-state index in [4.69, 9.17) is 0 Å². The van der Waals surface area contributed by atoms with Gasteiger partial charge in [-0.05, 0) is 13.0 Å². The van der Waals surface area contributed by atoms with Crippen LogP contribution in [0.3, 0.4) is 0 Å². The minimum atomic E-state index is 1.15. The molecule has 1 aromatic rings. The van der Waals surface area contributed by atoms with Crippen molar-refractivity contribution in [2.45, 2.75) is 13.3 Å². The maximum atomic E-state index is 4.03. The van der Waals surface area contributed by atoms with Crippen molar-refractivity contribution >= 4 is 5.69 Å². The van der Waals surface area contributed by atoms with Gasteiger partial charge in [-0.1, -0.05) is 17.7 Å². The zero-order valence-corrected chi connectivity index (χ0v) is 6.85. The maximum Gasteiger partial charge on any atom is 0.108 e. The number of benzene rings is 1. The molecule has 0 amide bonds. The number of hydrogen-bond donors (Lipinski definition) is 1. The van der Waals surface area contributed by atoms with Crippen LogP contribution in [-0.2, 0) is 6.42 Å². The molecule has 0 saturated carbocycles. The lowest BCUT2D eigenvalue weighted by Gasteiger charge is -2.12. The Morgan fingerprint density at radius 1 is 1.45 bits per heavy atom. The molecule has 1 aliphatic heterocycles. The minimum Gasteiger partial charge on any atom is -0.434 e. The molecule has 1 heteroatoms. The Hall–Kier alpha value is -0.820. The summed E-state index contributed by atoms with van der Waals surface area (Å²) >= 11 is 0. The molecule has 58 valence electrons. The van der Waals surface area contributed by atoms with Crippen molar-refractivity contribution in [2.75, 3.05) is 6.54 Å². The Kier molecular flexibility index (Phi) is 1.46. The van der Waals surface area contributed by atoms with E-state index < -0.39 is 0 Å². The van der Waals surface area contributed by atoms with Crippen molar-refractivity contribution in [3.05, 3.63) is 36.4 Å². The molecule has 1 heterocycles. The first-order valence-corrected chi connectivity index (χ1v) is 4.05. The van der Waals surface area contributed by atoms with Crippen molar-refractivity contribution in [3.8, 4) is 0 Å². The first-order valence-electron chi connectivity index (χ1n) is 4.05. The van der Waals surface area contributed by atoms with E-state index in [0.29, 0.717) is 0 Å². The molecular formula is C10H13N. The average Bonchev–Trinajstić information content (AvgIpc) is 2.32. The number of quaternary nitrogens is 1. The van der Waals surface area contributed by atoms with Gasteiger partial charge in [-0.25, -0.2) is 0 Å². The molecule has 2 rings (SSSR count). The van der Waals surface area contributed by atoms with Gasteiger partial charge in [0.1, 0.15) is 5.69 Å². The lowest BCUT2D eigenvalue weighted by molar-refractivity contribution is -0.775. The van der Waals surface area contributed by atoms with E-state index in [1.54, 1.807) is 0 Å². The van der Waals surface area contributed by atoms with Gasteiger partial charge in [0.2, 0.25) is 0 Å². The highest BCUT2D eigenvalue weighted by Crippen LogP contribution is 2.17. The first kappa shape index (κ1) is 6.86. The maximum absolute atomic E-state index is 4.03. The van der Waals surface area contributed by atoms with E-state index in [1.165, 1.54) is 28.1 Å². The fourth-order valence-corrected chi connectivity index (χ4v) is 1.69. The summed E-state index contributed by atoms with van der Waals surface area (Å²) in [4.78, 5) is 1.31. The lowest BCUT2D eigenvalue weighted by atomic mass is 10.1. The zero-order chi connectivity index (χ0) is 7.84.